The number of hydrogen-bond acceptors (Lipinski definition) is 3. The Morgan fingerprint density at radius 2 is 1.91 bits per heavy atom. The first-order valence-corrected chi connectivity index (χ1v) is 8.46. The zero-order valence-corrected chi connectivity index (χ0v) is 13.2. The van der Waals surface area contributed by atoms with Crippen molar-refractivity contribution < 1.29 is 4.79 Å². The molecule has 4 heteroatoms. The molecule has 1 aliphatic rings. The van der Waals surface area contributed by atoms with E-state index in [2.05, 4.69) is 34.9 Å². The monoisotopic (exact) mass is 312 g/mol. The first-order chi connectivity index (χ1) is 10.8. The molecule has 2 N–H and O–H groups in total. The Bertz CT molecular complexity index is 624. The number of carbonyl (C=O) groups is 1. The Labute approximate surface area is 135 Å². The summed E-state index contributed by atoms with van der Waals surface area (Å²) in [5, 5.41) is 6.28. The summed E-state index contributed by atoms with van der Waals surface area (Å²) in [7, 11) is 0. The molecule has 3 rings (SSSR count). The molecular weight excluding hydrogens is 292 g/mol. The molecule has 1 saturated heterocycles. The number of carbonyl (C=O) groups excluding carboxylic acids is 1. The molecule has 1 amide bonds. The van der Waals surface area contributed by atoms with Crippen LogP contribution < -0.4 is 10.6 Å². The quantitative estimate of drug-likeness (QED) is 0.891. The van der Waals surface area contributed by atoms with E-state index in [-0.39, 0.29) is 11.9 Å². The zero-order chi connectivity index (χ0) is 15.2. The Balaban J connectivity index is 1.64. The normalized spacial score (nSPS) is 17.4. The van der Waals surface area contributed by atoms with Gasteiger partial charge >= 0.3 is 0 Å². The van der Waals surface area contributed by atoms with Crippen molar-refractivity contribution >= 4 is 17.7 Å². The highest BCUT2D eigenvalue weighted by Crippen LogP contribution is 2.30. The second kappa shape index (κ2) is 7.47. The van der Waals surface area contributed by atoms with Gasteiger partial charge in [-0.05, 0) is 43.1 Å². The predicted molar refractivity (Wildman–Crippen MR) is 89.9 cm³/mol. The molecule has 0 aromatic heterocycles. The van der Waals surface area contributed by atoms with Crippen LogP contribution in [0.3, 0.4) is 0 Å². The van der Waals surface area contributed by atoms with Crippen LogP contribution in [0.5, 0.6) is 0 Å². The van der Waals surface area contributed by atoms with Crippen molar-refractivity contribution in [2.45, 2.75) is 35.2 Å². The van der Waals surface area contributed by atoms with Crippen molar-refractivity contribution in [2.75, 3.05) is 6.54 Å². The van der Waals surface area contributed by atoms with Gasteiger partial charge in [0.2, 0.25) is 5.91 Å². The fraction of sp³-hybridized carbons (Fsp3) is 0.278. The summed E-state index contributed by atoms with van der Waals surface area (Å²) in [5.74, 6) is 0.108. The molecule has 1 atom stereocenters. The van der Waals surface area contributed by atoms with Crippen LogP contribution in [0.1, 0.15) is 18.4 Å². The second-order valence-corrected chi connectivity index (χ2v) is 6.50. The lowest BCUT2D eigenvalue weighted by molar-refractivity contribution is -0.122. The lowest BCUT2D eigenvalue weighted by atomic mass is 10.2. The van der Waals surface area contributed by atoms with E-state index in [1.807, 2.05) is 30.3 Å². The summed E-state index contributed by atoms with van der Waals surface area (Å²) < 4.78 is 0. The fourth-order valence-electron chi connectivity index (χ4n) is 2.58. The molecule has 1 heterocycles. The maximum absolute atomic E-state index is 12.1. The van der Waals surface area contributed by atoms with Crippen molar-refractivity contribution in [1.29, 1.82) is 0 Å². The van der Waals surface area contributed by atoms with Gasteiger partial charge in [-0.1, -0.05) is 48.2 Å². The lowest BCUT2D eigenvalue weighted by Gasteiger charge is -2.13. The van der Waals surface area contributed by atoms with Gasteiger partial charge in [-0.15, -0.1) is 0 Å². The first-order valence-electron chi connectivity index (χ1n) is 7.65. The van der Waals surface area contributed by atoms with E-state index < -0.39 is 0 Å². The van der Waals surface area contributed by atoms with Crippen molar-refractivity contribution in [2.24, 2.45) is 0 Å². The highest BCUT2D eigenvalue weighted by molar-refractivity contribution is 7.99. The van der Waals surface area contributed by atoms with Gasteiger partial charge in [0.1, 0.15) is 0 Å². The maximum atomic E-state index is 12.1. The Morgan fingerprint density at radius 3 is 2.68 bits per heavy atom. The van der Waals surface area contributed by atoms with Crippen molar-refractivity contribution in [3.05, 3.63) is 60.2 Å². The summed E-state index contributed by atoms with van der Waals surface area (Å²) >= 11 is 1.73. The van der Waals surface area contributed by atoms with E-state index >= 15 is 0 Å². The number of amides is 1. The van der Waals surface area contributed by atoms with Gasteiger partial charge in [-0.25, -0.2) is 0 Å². The van der Waals surface area contributed by atoms with E-state index in [9.17, 15) is 4.79 Å². The molecule has 2 aromatic rings. The van der Waals surface area contributed by atoms with Crippen LogP contribution in [0.25, 0.3) is 0 Å². The van der Waals surface area contributed by atoms with E-state index in [1.165, 1.54) is 9.79 Å². The van der Waals surface area contributed by atoms with E-state index in [1.54, 1.807) is 11.8 Å². The number of benzene rings is 2. The molecule has 22 heavy (non-hydrogen) atoms. The third-order valence-corrected chi connectivity index (χ3v) is 4.90. The zero-order valence-electron chi connectivity index (χ0n) is 12.4. The average molecular weight is 312 g/mol. The summed E-state index contributed by atoms with van der Waals surface area (Å²) in [6.45, 7) is 1.52. The minimum absolute atomic E-state index is 0.0195. The van der Waals surface area contributed by atoms with Crippen LogP contribution in [0, 0.1) is 0 Å². The average Bonchev–Trinajstić information content (AvgIpc) is 3.09. The van der Waals surface area contributed by atoms with Crippen LogP contribution in [0.2, 0.25) is 0 Å². The molecule has 0 bridgehead atoms. The summed E-state index contributed by atoms with van der Waals surface area (Å²) in [4.78, 5) is 14.5. The van der Waals surface area contributed by atoms with Crippen LogP contribution in [-0.4, -0.2) is 18.5 Å². The molecule has 0 aliphatic carbocycles. The fourth-order valence-corrected chi connectivity index (χ4v) is 3.54. The third-order valence-electron chi connectivity index (χ3n) is 3.77. The van der Waals surface area contributed by atoms with Gasteiger partial charge in [0.15, 0.2) is 0 Å². The van der Waals surface area contributed by atoms with Gasteiger partial charge in [0.25, 0.3) is 0 Å². The standard InChI is InChI=1S/C18H20N2OS/c21-18(16-10-6-12-19-16)20-13-14-7-4-5-11-17(14)22-15-8-2-1-3-9-15/h1-5,7-9,11,16,19H,6,10,12-13H2,(H,20,21). The minimum Gasteiger partial charge on any atom is -0.351 e. The van der Waals surface area contributed by atoms with Crippen LogP contribution >= 0.6 is 11.8 Å². The van der Waals surface area contributed by atoms with E-state index in [0.717, 1.165) is 24.9 Å². The molecule has 0 spiro atoms. The molecule has 1 fully saturated rings. The molecule has 0 saturated carbocycles. The van der Waals surface area contributed by atoms with Gasteiger partial charge in [0.05, 0.1) is 6.04 Å². The van der Waals surface area contributed by atoms with Crippen LogP contribution in [-0.2, 0) is 11.3 Å². The number of nitrogens with one attached hydrogen (secondary N) is 2. The predicted octanol–water partition coefficient (Wildman–Crippen LogP) is 3.21. The lowest BCUT2D eigenvalue weighted by Crippen LogP contribution is -2.40. The number of hydrogen-bond donors (Lipinski definition) is 2. The van der Waals surface area contributed by atoms with Crippen LogP contribution in [0.15, 0.2) is 64.4 Å². The van der Waals surface area contributed by atoms with Gasteiger partial charge in [-0.3, -0.25) is 4.79 Å². The molecule has 0 radical (unpaired) electrons. The van der Waals surface area contributed by atoms with Crippen molar-refractivity contribution in [3.63, 3.8) is 0 Å². The highest BCUT2D eigenvalue weighted by Gasteiger charge is 2.21. The third kappa shape index (κ3) is 3.90. The van der Waals surface area contributed by atoms with Gasteiger partial charge in [0, 0.05) is 16.3 Å². The van der Waals surface area contributed by atoms with Gasteiger partial charge < -0.3 is 10.6 Å². The van der Waals surface area contributed by atoms with Crippen molar-refractivity contribution in [3.8, 4) is 0 Å². The molecule has 2 aromatic carbocycles. The molecular formula is C18H20N2OS. The summed E-state index contributed by atoms with van der Waals surface area (Å²) in [6, 6.07) is 18.5. The highest BCUT2D eigenvalue weighted by atomic mass is 32.2. The van der Waals surface area contributed by atoms with E-state index in [4.69, 9.17) is 0 Å². The Hall–Kier alpha value is -1.78. The first kappa shape index (κ1) is 15.1. The molecule has 3 nitrogen and oxygen atoms in total. The molecule has 1 aliphatic heterocycles. The molecule has 114 valence electrons. The molecule has 1 unspecified atom stereocenters. The Morgan fingerprint density at radius 1 is 1.14 bits per heavy atom. The smallest absolute Gasteiger partial charge is 0.237 e. The summed E-state index contributed by atoms with van der Waals surface area (Å²) in [6.07, 6.45) is 2.02. The maximum Gasteiger partial charge on any atom is 0.237 e. The van der Waals surface area contributed by atoms with Crippen molar-refractivity contribution in [1.82, 2.24) is 10.6 Å². The minimum atomic E-state index is -0.0195. The van der Waals surface area contributed by atoms with Crippen LogP contribution in [0.4, 0.5) is 0 Å². The van der Waals surface area contributed by atoms with Gasteiger partial charge in [-0.2, -0.15) is 0 Å². The van der Waals surface area contributed by atoms with E-state index in [0.29, 0.717) is 6.54 Å². The Kier molecular flexibility index (Phi) is 5.14. The number of rotatable bonds is 5. The second-order valence-electron chi connectivity index (χ2n) is 5.39. The summed E-state index contributed by atoms with van der Waals surface area (Å²) in [5.41, 5.74) is 1.16. The largest absolute Gasteiger partial charge is 0.351 e. The topological polar surface area (TPSA) is 41.1 Å². The SMILES string of the molecule is O=C(NCc1ccccc1Sc1ccccc1)C1CCCN1.